The first-order valence-corrected chi connectivity index (χ1v) is 9.03. The Kier molecular flexibility index (Phi) is 4.54. The van der Waals surface area contributed by atoms with Crippen molar-refractivity contribution in [1.82, 2.24) is 10.2 Å². The Bertz CT molecular complexity index is 685. The number of ether oxygens (including phenoxy) is 1. The molecule has 126 valence electrons. The van der Waals surface area contributed by atoms with Crippen LogP contribution in [0, 0.1) is 0 Å². The monoisotopic (exact) mass is 322 g/mol. The molecule has 0 aliphatic carbocycles. The normalized spacial score (nSPS) is 23.4. The maximum absolute atomic E-state index is 5.49. The predicted octanol–water partition coefficient (Wildman–Crippen LogP) is 3.89. The molecule has 24 heavy (non-hydrogen) atoms. The smallest absolute Gasteiger partial charge is 0.119 e. The fourth-order valence-electron chi connectivity index (χ4n) is 4.22. The molecule has 1 N–H and O–H groups in total. The number of hydrogen-bond acceptors (Lipinski definition) is 3. The van der Waals surface area contributed by atoms with Crippen molar-refractivity contribution in [3.63, 3.8) is 0 Å². The average Bonchev–Trinajstić information content (AvgIpc) is 2.65. The predicted molar refractivity (Wildman–Crippen MR) is 97.1 cm³/mol. The van der Waals surface area contributed by atoms with Crippen LogP contribution in [-0.2, 0) is 13.1 Å². The van der Waals surface area contributed by atoms with Crippen LogP contribution in [0.5, 0.6) is 5.75 Å². The molecule has 2 atom stereocenters. The van der Waals surface area contributed by atoms with Gasteiger partial charge in [0.1, 0.15) is 5.75 Å². The summed E-state index contributed by atoms with van der Waals surface area (Å²) in [5.41, 5.74) is 4.21. The summed E-state index contributed by atoms with van der Waals surface area (Å²) in [4.78, 5) is 2.67. The van der Waals surface area contributed by atoms with Crippen LogP contribution in [0.1, 0.15) is 42.0 Å². The fourth-order valence-corrected chi connectivity index (χ4v) is 4.22. The zero-order valence-corrected chi connectivity index (χ0v) is 14.4. The van der Waals surface area contributed by atoms with Crippen LogP contribution < -0.4 is 10.1 Å². The van der Waals surface area contributed by atoms with Crippen molar-refractivity contribution in [3.8, 4) is 5.75 Å². The second-order valence-electron chi connectivity index (χ2n) is 6.94. The molecule has 2 aliphatic heterocycles. The molecule has 1 saturated heterocycles. The molecule has 3 heteroatoms. The third kappa shape index (κ3) is 3.06. The van der Waals surface area contributed by atoms with Crippen LogP contribution in [0.2, 0.25) is 0 Å². The van der Waals surface area contributed by atoms with Crippen LogP contribution in [0.15, 0.2) is 48.5 Å². The maximum atomic E-state index is 5.49. The molecule has 0 radical (unpaired) electrons. The van der Waals surface area contributed by atoms with E-state index in [1.807, 2.05) is 0 Å². The molecular weight excluding hydrogens is 296 g/mol. The summed E-state index contributed by atoms with van der Waals surface area (Å²) >= 11 is 0. The molecule has 2 aromatic carbocycles. The first-order valence-electron chi connectivity index (χ1n) is 9.03. The largest absolute Gasteiger partial charge is 0.497 e. The third-order valence-corrected chi connectivity index (χ3v) is 5.48. The van der Waals surface area contributed by atoms with Gasteiger partial charge in [-0.1, -0.05) is 42.8 Å². The minimum absolute atomic E-state index is 0.379. The van der Waals surface area contributed by atoms with Crippen molar-refractivity contribution in [3.05, 3.63) is 65.2 Å². The highest BCUT2D eigenvalue weighted by atomic mass is 16.5. The first-order chi connectivity index (χ1) is 11.8. The lowest BCUT2D eigenvalue weighted by molar-refractivity contribution is 0.0909. The summed E-state index contributed by atoms with van der Waals surface area (Å²) < 4.78 is 5.49. The van der Waals surface area contributed by atoms with E-state index in [-0.39, 0.29) is 0 Å². The van der Waals surface area contributed by atoms with E-state index in [9.17, 15) is 0 Å². The van der Waals surface area contributed by atoms with E-state index in [4.69, 9.17) is 4.74 Å². The van der Waals surface area contributed by atoms with E-state index in [0.29, 0.717) is 12.1 Å². The van der Waals surface area contributed by atoms with Gasteiger partial charge in [-0.25, -0.2) is 0 Å². The number of methoxy groups -OCH3 is 1. The second-order valence-corrected chi connectivity index (χ2v) is 6.94. The van der Waals surface area contributed by atoms with E-state index in [1.54, 1.807) is 7.11 Å². The Morgan fingerprint density at radius 2 is 2.00 bits per heavy atom. The van der Waals surface area contributed by atoms with Crippen molar-refractivity contribution >= 4 is 0 Å². The minimum atomic E-state index is 0.379. The SMILES string of the molecule is COc1ccc2c(c1)[C@@H](NCc1ccccc1)[C@H]1CCCCN1C2. The van der Waals surface area contributed by atoms with E-state index in [1.165, 1.54) is 42.5 Å². The Morgan fingerprint density at radius 1 is 1.12 bits per heavy atom. The Labute approximate surface area is 144 Å². The quantitative estimate of drug-likeness (QED) is 0.924. The molecule has 3 nitrogen and oxygen atoms in total. The van der Waals surface area contributed by atoms with Gasteiger partial charge in [-0.15, -0.1) is 0 Å². The number of rotatable bonds is 4. The van der Waals surface area contributed by atoms with Gasteiger partial charge in [0.25, 0.3) is 0 Å². The lowest BCUT2D eigenvalue weighted by Crippen LogP contribution is -2.50. The maximum Gasteiger partial charge on any atom is 0.119 e. The Hall–Kier alpha value is -1.84. The van der Waals surface area contributed by atoms with Crippen molar-refractivity contribution in [2.45, 2.75) is 44.4 Å². The Balaban J connectivity index is 1.63. The molecule has 2 aromatic rings. The highest BCUT2D eigenvalue weighted by molar-refractivity contribution is 5.40. The topological polar surface area (TPSA) is 24.5 Å². The van der Waals surface area contributed by atoms with Gasteiger partial charge in [-0.05, 0) is 48.2 Å². The molecule has 4 rings (SSSR count). The van der Waals surface area contributed by atoms with Gasteiger partial charge in [0.15, 0.2) is 0 Å². The van der Waals surface area contributed by atoms with Gasteiger partial charge in [-0.2, -0.15) is 0 Å². The highest BCUT2D eigenvalue weighted by Gasteiger charge is 2.36. The molecular formula is C21H26N2O. The molecule has 2 heterocycles. The molecule has 0 aromatic heterocycles. The highest BCUT2D eigenvalue weighted by Crippen LogP contribution is 2.38. The second kappa shape index (κ2) is 6.96. The zero-order valence-electron chi connectivity index (χ0n) is 14.4. The lowest BCUT2D eigenvalue weighted by Gasteiger charge is -2.45. The number of piperidine rings is 1. The van der Waals surface area contributed by atoms with Crippen LogP contribution >= 0.6 is 0 Å². The van der Waals surface area contributed by atoms with E-state index >= 15 is 0 Å². The molecule has 2 aliphatic rings. The van der Waals surface area contributed by atoms with Crippen LogP contribution in [-0.4, -0.2) is 24.6 Å². The van der Waals surface area contributed by atoms with Gasteiger partial charge >= 0.3 is 0 Å². The Morgan fingerprint density at radius 3 is 2.83 bits per heavy atom. The molecule has 0 saturated carbocycles. The summed E-state index contributed by atoms with van der Waals surface area (Å²) in [7, 11) is 1.75. The van der Waals surface area contributed by atoms with Gasteiger partial charge in [0.2, 0.25) is 0 Å². The van der Waals surface area contributed by atoms with Gasteiger partial charge in [0, 0.05) is 25.2 Å². The number of hydrogen-bond donors (Lipinski definition) is 1. The average molecular weight is 322 g/mol. The van der Waals surface area contributed by atoms with Gasteiger partial charge in [-0.3, -0.25) is 4.90 Å². The first kappa shape index (κ1) is 15.7. The van der Waals surface area contributed by atoms with Crippen LogP contribution in [0.4, 0.5) is 0 Å². The number of benzene rings is 2. The van der Waals surface area contributed by atoms with Crippen molar-refractivity contribution in [2.75, 3.05) is 13.7 Å². The van der Waals surface area contributed by atoms with E-state index < -0.39 is 0 Å². The van der Waals surface area contributed by atoms with E-state index in [2.05, 4.69) is 58.7 Å². The number of nitrogens with zero attached hydrogens (tertiary/aromatic N) is 1. The van der Waals surface area contributed by atoms with Crippen molar-refractivity contribution in [1.29, 1.82) is 0 Å². The minimum Gasteiger partial charge on any atom is -0.497 e. The standard InChI is InChI=1S/C21H26N2O/c1-24-18-11-10-17-15-23-12-6-5-9-20(23)21(19(17)13-18)22-14-16-7-3-2-4-8-16/h2-4,7-8,10-11,13,20-22H,5-6,9,12,14-15H2,1H3/t20-,21-/m1/s1. The van der Waals surface area contributed by atoms with Crippen molar-refractivity contribution in [2.24, 2.45) is 0 Å². The molecule has 0 amide bonds. The summed E-state index contributed by atoms with van der Waals surface area (Å²) in [6.45, 7) is 3.21. The van der Waals surface area contributed by atoms with Gasteiger partial charge in [0.05, 0.1) is 7.11 Å². The number of nitrogens with one attached hydrogen (secondary N) is 1. The molecule has 1 fully saturated rings. The summed E-state index contributed by atoms with van der Waals surface area (Å²) in [5, 5.41) is 3.85. The lowest BCUT2D eigenvalue weighted by atomic mass is 9.84. The van der Waals surface area contributed by atoms with Crippen LogP contribution in [0.3, 0.4) is 0 Å². The summed E-state index contributed by atoms with van der Waals surface area (Å²) in [6.07, 6.45) is 3.94. The van der Waals surface area contributed by atoms with Crippen LogP contribution in [0.25, 0.3) is 0 Å². The van der Waals surface area contributed by atoms with Gasteiger partial charge < -0.3 is 10.1 Å². The summed E-state index contributed by atoms with van der Waals surface area (Å²) in [5.74, 6) is 0.963. The third-order valence-electron chi connectivity index (χ3n) is 5.48. The number of fused-ring (bicyclic) bond motifs is 2. The van der Waals surface area contributed by atoms with E-state index in [0.717, 1.165) is 18.8 Å². The zero-order chi connectivity index (χ0) is 16.4. The fraction of sp³-hybridized carbons (Fsp3) is 0.429. The van der Waals surface area contributed by atoms with Crippen molar-refractivity contribution < 1.29 is 4.74 Å². The molecule has 0 spiro atoms. The molecule has 0 unspecified atom stereocenters. The molecule has 0 bridgehead atoms. The summed E-state index contributed by atoms with van der Waals surface area (Å²) in [6, 6.07) is 18.3.